The van der Waals surface area contributed by atoms with Crippen molar-refractivity contribution in [2.24, 2.45) is 0 Å². The van der Waals surface area contributed by atoms with E-state index >= 15 is 0 Å². The molecular formula is C51H84O6. The Morgan fingerprint density at radius 1 is 0.368 bits per heavy atom. The molecule has 57 heavy (non-hydrogen) atoms. The molecule has 0 heterocycles. The Labute approximate surface area is 350 Å². The number of benzene rings is 1. The number of unbranched alkanes of at least 4 members (excludes halogenated alkanes) is 24. The van der Waals surface area contributed by atoms with E-state index in [0.717, 1.165) is 89.9 Å². The first-order chi connectivity index (χ1) is 28.0. The monoisotopic (exact) mass is 793 g/mol. The number of allylic oxidation sites excluding steroid dienone is 6. The Balaban J connectivity index is 2.56. The molecule has 0 spiro atoms. The Morgan fingerprint density at radius 2 is 0.667 bits per heavy atom. The van der Waals surface area contributed by atoms with Crippen molar-refractivity contribution in [2.45, 2.75) is 213 Å². The first-order valence-corrected chi connectivity index (χ1v) is 23.6. The van der Waals surface area contributed by atoms with Crippen LogP contribution in [-0.4, -0.2) is 37.7 Å². The minimum atomic E-state index is -0.611. The van der Waals surface area contributed by atoms with E-state index in [1.54, 1.807) is 6.07 Å². The third kappa shape index (κ3) is 30.6. The third-order valence-electron chi connectivity index (χ3n) is 10.4. The number of rotatable bonds is 39. The molecule has 324 valence electrons. The molecule has 0 aliphatic heterocycles. The van der Waals surface area contributed by atoms with Crippen molar-refractivity contribution < 1.29 is 28.6 Å². The average molecular weight is 793 g/mol. The van der Waals surface area contributed by atoms with E-state index < -0.39 is 17.9 Å². The lowest BCUT2D eigenvalue weighted by atomic mass is 10.0. The fraction of sp³-hybridized carbons (Fsp3) is 0.706. The number of hydrogen-bond donors (Lipinski definition) is 0. The molecule has 0 amide bonds. The summed E-state index contributed by atoms with van der Waals surface area (Å²) in [6.45, 7) is 7.58. The van der Waals surface area contributed by atoms with Gasteiger partial charge >= 0.3 is 17.9 Å². The summed E-state index contributed by atoms with van der Waals surface area (Å²) in [5.41, 5.74) is 0.419. The zero-order valence-electron chi connectivity index (χ0n) is 37.0. The normalized spacial score (nSPS) is 11.6. The summed E-state index contributed by atoms with van der Waals surface area (Å²) in [5.74, 6) is -1.68. The Hall–Kier alpha value is -3.15. The van der Waals surface area contributed by atoms with E-state index in [0.29, 0.717) is 13.2 Å². The van der Waals surface area contributed by atoms with Crippen molar-refractivity contribution in [1.82, 2.24) is 0 Å². The van der Waals surface area contributed by atoms with E-state index in [4.69, 9.17) is 14.2 Å². The molecule has 1 rings (SSSR count). The van der Waals surface area contributed by atoms with Gasteiger partial charge in [-0.1, -0.05) is 154 Å². The smallest absolute Gasteiger partial charge is 0.339 e. The molecule has 0 aliphatic carbocycles. The summed E-state index contributed by atoms with van der Waals surface area (Å²) < 4.78 is 16.8. The lowest BCUT2D eigenvalue weighted by molar-refractivity contribution is 0.0448. The fourth-order valence-corrected chi connectivity index (χ4v) is 6.68. The Bertz CT molecular complexity index is 1210. The van der Waals surface area contributed by atoms with E-state index in [2.05, 4.69) is 57.2 Å². The van der Waals surface area contributed by atoms with Gasteiger partial charge in [0.25, 0.3) is 0 Å². The van der Waals surface area contributed by atoms with Crippen molar-refractivity contribution in [2.75, 3.05) is 19.8 Å². The maximum atomic E-state index is 13.3. The van der Waals surface area contributed by atoms with Gasteiger partial charge in [-0.3, -0.25) is 0 Å². The van der Waals surface area contributed by atoms with Gasteiger partial charge in [-0.25, -0.2) is 14.4 Å². The minimum Gasteiger partial charge on any atom is -0.462 e. The lowest BCUT2D eigenvalue weighted by Gasteiger charge is -2.12. The maximum absolute atomic E-state index is 13.3. The largest absolute Gasteiger partial charge is 0.462 e. The molecule has 0 saturated heterocycles. The first-order valence-electron chi connectivity index (χ1n) is 23.6. The molecule has 0 saturated carbocycles. The van der Waals surface area contributed by atoms with E-state index in [9.17, 15) is 14.4 Å². The van der Waals surface area contributed by atoms with Crippen molar-refractivity contribution in [3.05, 3.63) is 71.3 Å². The van der Waals surface area contributed by atoms with Gasteiger partial charge in [0.15, 0.2) is 0 Å². The molecule has 0 fully saturated rings. The highest BCUT2D eigenvalue weighted by molar-refractivity contribution is 6.05. The van der Waals surface area contributed by atoms with Crippen LogP contribution in [0.25, 0.3) is 0 Å². The van der Waals surface area contributed by atoms with Crippen LogP contribution in [-0.2, 0) is 14.2 Å². The maximum Gasteiger partial charge on any atom is 0.339 e. The Morgan fingerprint density at radius 3 is 1.04 bits per heavy atom. The highest BCUT2D eigenvalue weighted by Crippen LogP contribution is 2.18. The van der Waals surface area contributed by atoms with Crippen LogP contribution in [0.15, 0.2) is 54.7 Å². The van der Waals surface area contributed by atoms with Crippen LogP contribution in [0.5, 0.6) is 0 Å². The summed E-state index contributed by atoms with van der Waals surface area (Å²) in [7, 11) is 0. The van der Waals surface area contributed by atoms with Gasteiger partial charge in [0.1, 0.15) is 0 Å². The number of carbonyl (C=O) groups is 3. The number of hydrogen-bond acceptors (Lipinski definition) is 6. The fourth-order valence-electron chi connectivity index (χ4n) is 6.68. The number of ether oxygens (including phenoxy) is 3. The van der Waals surface area contributed by atoms with Gasteiger partial charge in [0.05, 0.1) is 36.5 Å². The summed E-state index contributed by atoms with van der Waals surface area (Å²) in [4.78, 5) is 39.5. The third-order valence-corrected chi connectivity index (χ3v) is 10.4. The first kappa shape index (κ1) is 51.9. The van der Waals surface area contributed by atoms with E-state index in [-0.39, 0.29) is 23.3 Å². The van der Waals surface area contributed by atoms with Crippen molar-refractivity contribution in [3.8, 4) is 0 Å². The van der Waals surface area contributed by atoms with Crippen molar-refractivity contribution in [1.29, 1.82) is 0 Å². The van der Waals surface area contributed by atoms with Crippen LogP contribution < -0.4 is 0 Å². The van der Waals surface area contributed by atoms with Crippen LogP contribution in [0.1, 0.15) is 244 Å². The molecule has 6 heteroatoms. The second-order valence-corrected chi connectivity index (χ2v) is 15.7. The van der Waals surface area contributed by atoms with Gasteiger partial charge in [0.2, 0.25) is 0 Å². The van der Waals surface area contributed by atoms with Gasteiger partial charge in [-0.15, -0.1) is 0 Å². The molecule has 1 aromatic carbocycles. The quantitative estimate of drug-likeness (QED) is 0.0286. The summed E-state index contributed by atoms with van der Waals surface area (Å²) in [6, 6.07) is 4.48. The number of esters is 3. The molecule has 0 bridgehead atoms. The van der Waals surface area contributed by atoms with Crippen molar-refractivity contribution >= 4 is 17.9 Å². The molecule has 0 atom stereocenters. The second kappa shape index (κ2) is 39.7. The highest BCUT2D eigenvalue weighted by atomic mass is 16.5. The zero-order valence-corrected chi connectivity index (χ0v) is 37.0. The zero-order chi connectivity index (χ0) is 41.3. The van der Waals surface area contributed by atoms with E-state index in [1.165, 1.54) is 115 Å². The standard InChI is InChI=1S/C51H84O6/c1-4-7-10-13-16-19-22-25-28-31-34-37-42-55-49(52)46-40-41-47(50(53)56-43-38-35-32-29-26-23-20-17-14-11-8-5-2)48(45-46)51(54)57-44-39-36-33-30-27-24-21-18-15-12-9-6-3/h16-21,40-41,45H,4-15,22-39,42-44H2,1-3H3/b19-16+,20-17+,21-18+. The lowest BCUT2D eigenvalue weighted by Crippen LogP contribution is -2.17. The second-order valence-electron chi connectivity index (χ2n) is 15.7. The molecule has 0 N–H and O–H groups in total. The van der Waals surface area contributed by atoms with E-state index in [1.807, 2.05) is 0 Å². The topological polar surface area (TPSA) is 78.9 Å². The minimum absolute atomic E-state index is 0.0577. The van der Waals surface area contributed by atoms with Gasteiger partial charge in [-0.2, -0.15) is 0 Å². The van der Waals surface area contributed by atoms with Crippen LogP contribution >= 0.6 is 0 Å². The SMILES string of the molecule is CCCCC/C=C/CCCCCCCOC(=O)c1ccc(C(=O)OCCCCCCC/C=C/CCCCC)c(C(=O)OCCCCCCC/C=C/CCCCC)c1. The predicted molar refractivity (Wildman–Crippen MR) is 240 cm³/mol. The van der Waals surface area contributed by atoms with Crippen LogP contribution in [0.4, 0.5) is 0 Å². The van der Waals surface area contributed by atoms with Gasteiger partial charge in [0, 0.05) is 0 Å². The molecule has 0 aliphatic rings. The Kier molecular flexibility index (Phi) is 36.1. The molecule has 0 unspecified atom stereocenters. The molecular weight excluding hydrogens is 709 g/mol. The van der Waals surface area contributed by atoms with Gasteiger partial charge in [-0.05, 0) is 115 Å². The molecule has 0 aromatic heterocycles. The van der Waals surface area contributed by atoms with Gasteiger partial charge < -0.3 is 14.2 Å². The predicted octanol–water partition coefficient (Wildman–Crippen LogP) is 15.6. The van der Waals surface area contributed by atoms with Crippen LogP contribution in [0.2, 0.25) is 0 Å². The van der Waals surface area contributed by atoms with Crippen molar-refractivity contribution in [3.63, 3.8) is 0 Å². The average Bonchev–Trinajstić information content (AvgIpc) is 3.22. The summed E-state index contributed by atoms with van der Waals surface area (Å²) >= 11 is 0. The highest BCUT2D eigenvalue weighted by Gasteiger charge is 2.22. The van der Waals surface area contributed by atoms with Crippen LogP contribution in [0.3, 0.4) is 0 Å². The van der Waals surface area contributed by atoms with Crippen LogP contribution in [0, 0.1) is 0 Å². The molecule has 6 nitrogen and oxygen atoms in total. The number of carbonyl (C=O) groups excluding carboxylic acids is 3. The molecule has 0 radical (unpaired) electrons. The summed E-state index contributed by atoms with van der Waals surface area (Å²) in [5, 5.41) is 0. The summed E-state index contributed by atoms with van der Waals surface area (Å²) in [6.07, 6.45) is 47.9. The molecule has 1 aromatic rings.